The number of hydrogen-bond donors (Lipinski definition) is 2. The Morgan fingerprint density at radius 3 is 2.44 bits per heavy atom. The second-order valence-electron chi connectivity index (χ2n) is 3.10. The molecule has 0 rings (SSSR count). The molecule has 98 valence electrons. The fourth-order valence-electron chi connectivity index (χ4n) is 0.684. The standard InChI is InChI=1S/C7H14F3NO4S/c1-6(4-12)16(13,14)11-2-3-15-5-7(8,9)10/h6,11-12H,2-5H2,1H3. The first-order chi connectivity index (χ1) is 7.19. The van der Waals surface area contributed by atoms with Crippen molar-refractivity contribution in [1.29, 1.82) is 0 Å². The van der Waals surface area contributed by atoms with Gasteiger partial charge < -0.3 is 9.84 Å². The van der Waals surface area contributed by atoms with Gasteiger partial charge in [0.25, 0.3) is 0 Å². The van der Waals surface area contributed by atoms with Crippen molar-refractivity contribution < 1.29 is 31.4 Å². The van der Waals surface area contributed by atoms with Crippen molar-refractivity contribution >= 4 is 10.0 Å². The number of nitrogens with one attached hydrogen (secondary N) is 1. The van der Waals surface area contributed by atoms with Crippen LogP contribution in [0.2, 0.25) is 0 Å². The molecule has 0 aliphatic rings. The maximum atomic E-state index is 11.6. The quantitative estimate of drug-likeness (QED) is 0.629. The molecule has 0 aromatic rings. The molecule has 0 radical (unpaired) electrons. The highest BCUT2D eigenvalue weighted by molar-refractivity contribution is 7.90. The average molecular weight is 265 g/mol. The summed E-state index contributed by atoms with van der Waals surface area (Å²) in [6, 6.07) is 0. The Morgan fingerprint density at radius 1 is 1.44 bits per heavy atom. The Labute approximate surface area is 91.6 Å². The van der Waals surface area contributed by atoms with Crippen molar-refractivity contribution in [1.82, 2.24) is 4.72 Å². The number of halogens is 3. The van der Waals surface area contributed by atoms with Crippen LogP contribution in [0.3, 0.4) is 0 Å². The number of ether oxygens (including phenoxy) is 1. The molecule has 0 saturated carbocycles. The van der Waals surface area contributed by atoms with Crippen LogP contribution in [0.15, 0.2) is 0 Å². The van der Waals surface area contributed by atoms with Gasteiger partial charge >= 0.3 is 6.18 Å². The molecule has 0 amide bonds. The fraction of sp³-hybridized carbons (Fsp3) is 1.00. The molecular formula is C7H14F3NO4S. The van der Waals surface area contributed by atoms with Crippen LogP contribution in [0.4, 0.5) is 13.2 Å². The van der Waals surface area contributed by atoms with E-state index in [1.807, 2.05) is 4.72 Å². The Morgan fingerprint density at radius 2 is 2.00 bits per heavy atom. The van der Waals surface area contributed by atoms with Gasteiger partial charge in [-0.25, -0.2) is 13.1 Å². The molecule has 16 heavy (non-hydrogen) atoms. The van der Waals surface area contributed by atoms with Crippen LogP contribution >= 0.6 is 0 Å². The van der Waals surface area contributed by atoms with Crippen LogP contribution in [-0.2, 0) is 14.8 Å². The van der Waals surface area contributed by atoms with Gasteiger partial charge in [-0.15, -0.1) is 0 Å². The van der Waals surface area contributed by atoms with E-state index < -0.39 is 34.7 Å². The van der Waals surface area contributed by atoms with Crippen molar-refractivity contribution in [2.45, 2.75) is 18.3 Å². The van der Waals surface area contributed by atoms with Crippen LogP contribution in [-0.4, -0.2) is 51.3 Å². The molecule has 0 bridgehead atoms. The molecule has 1 atom stereocenters. The maximum Gasteiger partial charge on any atom is 0.411 e. The third kappa shape index (κ3) is 6.99. The Balaban J connectivity index is 3.75. The molecular weight excluding hydrogens is 251 g/mol. The van der Waals surface area contributed by atoms with Gasteiger partial charge in [0.15, 0.2) is 0 Å². The first-order valence-corrected chi connectivity index (χ1v) is 5.97. The molecule has 0 aliphatic heterocycles. The Hall–Kier alpha value is -0.380. The van der Waals surface area contributed by atoms with E-state index in [1.54, 1.807) is 0 Å². The molecule has 2 N–H and O–H groups in total. The lowest BCUT2D eigenvalue weighted by molar-refractivity contribution is -0.173. The summed E-state index contributed by atoms with van der Waals surface area (Å²) in [7, 11) is -3.69. The van der Waals surface area contributed by atoms with Gasteiger partial charge in [-0.1, -0.05) is 0 Å². The van der Waals surface area contributed by atoms with Gasteiger partial charge in [0, 0.05) is 6.54 Å². The summed E-state index contributed by atoms with van der Waals surface area (Å²) in [5, 5.41) is 7.58. The average Bonchev–Trinajstić information content (AvgIpc) is 2.14. The molecule has 5 nitrogen and oxygen atoms in total. The third-order valence-electron chi connectivity index (χ3n) is 1.60. The molecule has 0 heterocycles. The summed E-state index contributed by atoms with van der Waals surface area (Å²) >= 11 is 0. The number of sulfonamides is 1. The lowest BCUT2D eigenvalue weighted by Gasteiger charge is -2.12. The fourth-order valence-corrected chi connectivity index (χ4v) is 1.53. The second-order valence-corrected chi connectivity index (χ2v) is 5.28. The highest BCUT2D eigenvalue weighted by Gasteiger charge is 2.27. The summed E-state index contributed by atoms with van der Waals surface area (Å²) < 4.78 is 63.4. The highest BCUT2D eigenvalue weighted by Crippen LogP contribution is 2.13. The van der Waals surface area contributed by atoms with Gasteiger partial charge in [0.1, 0.15) is 6.61 Å². The van der Waals surface area contributed by atoms with Crippen LogP contribution in [0, 0.1) is 0 Å². The molecule has 0 aliphatic carbocycles. The minimum atomic E-state index is -4.42. The number of aliphatic hydroxyl groups excluding tert-OH is 1. The summed E-state index contributed by atoms with van der Waals surface area (Å²) in [5.74, 6) is 0. The minimum absolute atomic E-state index is 0.261. The minimum Gasteiger partial charge on any atom is -0.395 e. The van der Waals surface area contributed by atoms with E-state index in [1.165, 1.54) is 6.92 Å². The van der Waals surface area contributed by atoms with Gasteiger partial charge in [0.2, 0.25) is 10.0 Å². The maximum absolute atomic E-state index is 11.6. The number of alkyl halides is 3. The first-order valence-electron chi connectivity index (χ1n) is 4.43. The van der Waals surface area contributed by atoms with Crippen molar-refractivity contribution in [2.75, 3.05) is 26.4 Å². The van der Waals surface area contributed by atoms with E-state index in [4.69, 9.17) is 5.11 Å². The third-order valence-corrected chi connectivity index (χ3v) is 3.42. The summed E-state index contributed by atoms with van der Waals surface area (Å²) in [4.78, 5) is 0. The Bertz CT molecular complexity index is 290. The van der Waals surface area contributed by atoms with Crippen LogP contribution in [0.25, 0.3) is 0 Å². The zero-order valence-electron chi connectivity index (χ0n) is 8.62. The van der Waals surface area contributed by atoms with Gasteiger partial charge in [-0.05, 0) is 6.92 Å². The summed E-state index contributed by atoms with van der Waals surface area (Å²) in [6.07, 6.45) is -4.42. The Kier molecular flexibility index (Phi) is 6.23. The van der Waals surface area contributed by atoms with Crippen LogP contribution in [0.5, 0.6) is 0 Å². The highest BCUT2D eigenvalue weighted by atomic mass is 32.2. The molecule has 0 aromatic heterocycles. The second kappa shape index (κ2) is 6.38. The molecule has 0 fully saturated rings. The van der Waals surface area contributed by atoms with E-state index in [9.17, 15) is 21.6 Å². The SMILES string of the molecule is CC(CO)S(=O)(=O)NCCOCC(F)(F)F. The molecule has 9 heteroatoms. The lowest BCUT2D eigenvalue weighted by Crippen LogP contribution is -2.36. The largest absolute Gasteiger partial charge is 0.411 e. The molecule has 0 spiro atoms. The van der Waals surface area contributed by atoms with Crippen molar-refractivity contribution in [2.24, 2.45) is 0 Å². The predicted molar refractivity (Wildman–Crippen MR) is 50.3 cm³/mol. The topological polar surface area (TPSA) is 75.6 Å². The zero-order valence-corrected chi connectivity index (χ0v) is 9.44. The zero-order chi connectivity index (χ0) is 12.8. The number of aliphatic hydroxyl groups is 1. The van der Waals surface area contributed by atoms with Gasteiger partial charge in [-0.2, -0.15) is 13.2 Å². The van der Waals surface area contributed by atoms with Gasteiger partial charge in [-0.3, -0.25) is 0 Å². The van der Waals surface area contributed by atoms with Crippen molar-refractivity contribution in [3.05, 3.63) is 0 Å². The van der Waals surface area contributed by atoms with E-state index in [0.717, 1.165) is 0 Å². The smallest absolute Gasteiger partial charge is 0.395 e. The normalized spacial score (nSPS) is 15.1. The van der Waals surface area contributed by atoms with Crippen molar-refractivity contribution in [3.63, 3.8) is 0 Å². The molecule has 0 aromatic carbocycles. The van der Waals surface area contributed by atoms with E-state index in [2.05, 4.69) is 4.74 Å². The molecule has 1 unspecified atom stereocenters. The van der Waals surface area contributed by atoms with E-state index in [0.29, 0.717) is 0 Å². The lowest BCUT2D eigenvalue weighted by atomic mass is 10.5. The number of hydrogen-bond acceptors (Lipinski definition) is 4. The first kappa shape index (κ1) is 15.6. The van der Waals surface area contributed by atoms with Gasteiger partial charge in [0.05, 0.1) is 18.5 Å². The van der Waals surface area contributed by atoms with E-state index in [-0.39, 0.29) is 13.2 Å². The summed E-state index contributed by atoms with van der Waals surface area (Å²) in [5.41, 5.74) is 0. The monoisotopic (exact) mass is 265 g/mol. The van der Waals surface area contributed by atoms with E-state index >= 15 is 0 Å². The summed E-state index contributed by atoms with van der Waals surface area (Å²) in [6.45, 7) is -1.33. The number of rotatable bonds is 7. The predicted octanol–water partition coefficient (Wildman–Crippen LogP) is -0.135. The van der Waals surface area contributed by atoms with Crippen molar-refractivity contribution in [3.8, 4) is 0 Å². The molecule has 0 saturated heterocycles. The van der Waals surface area contributed by atoms with Crippen LogP contribution in [0.1, 0.15) is 6.92 Å². The van der Waals surface area contributed by atoms with Crippen LogP contribution < -0.4 is 4.72 Å².